The molecule has 0 bridgehead atoms. The number of aromatic nitrogens is 1. The van der Waals surface area contributed by atoms with Crippen molar-refractivity contribution in [3.05, 3.63) is 91.9 Å². The van der Waals surface area contributed by atoms with Crippen LogP contribution in [0.4, 0.5) is 5.82 Å². The molecule has 0 aliphatic carbocycles. The lowest BCUT2D eigenvalue weighted by atomic mass is 10.2. The van der Waals surface area contributed by atoms with E-state index in [-0.39, 0.29) is 0 Å². The van der Waals surface area contributed by atoms with Gasteiger partial charge < -0.3 is 4.98 Å². The van der Waals surface area contributed by atoms with Gasteiger partial charge >= 0.3 is 0 Å². The van der Waals surface area contributed by atoms with Crippen LogP contribution in [0.25, 0.3) is 26.6 Å². The number of hydrogen-bond donors (Lipinski definition) is 1. The van der Waals surface area contributed by atoms with Crippen molar-refractivity contribution in [2.24, 2.45) is 9.98 Å². The zero-order chi connectivity index (χ0) is 20.6. The van der Waals surface area contributed by atoms with Gasteiger partial charge in [-0.25, -0.2) is 9.98 Å². The summed E-state index contributed by atoms with van der Waals surface area (Å²) in [4.78, 5) is 18.3. The molecule has 150 valence electrons. The molecular weight excluding hydrogens is 459 g/mol. The van der Waals surface area contributed by atoms with Crippen LogP contribution in [0.1, 0.15) is 9.75 Å². The molecule has 1 aliphatic rings. The number of thiophene rings is 4. The van der Waals surface area contributed by atoms with Gasteiger partial charge in [0.15, 0.2) is 5.84 Å². The van der Waals surface area contributed by atoms with Crippen LogP contribution >= 0.6 is 45.3 Å². The van der Waals surface area contributed by atoms with Crippen LogP contribution < -0.4 is 0 Å². The van der Waals surface area contributed by atoms with E-state index in [0.29, 0.717) is 0 Å². The maximum atomic E-state index is 5.07. The minimum atomic E-state index is 0.753. The van der Waals surface area contributed by atoms with E-state index in [9.17, 15) is 0 Å². The normalized spacial score (nSPS) is 14.9. The van der Waals surface area contributed by atoms with Gasteiger partial charge in [0.2, 0.25) is 0 Å². The van der Waals surface area contributed by atoms with Crippen LogP contribution in [0.2, 0.25) is 0 Å². The van der Waals surface area contributed by atoms with Crippen molar-refractivity contribution in [2.75, 3.05) is 0 Å². The summed E-state index contributed by atoms with van der Waals surface area (Å²) in [7, 11) is 0. The van der Waals surface area contributed by atoms with Gasteiger partial charge in [-0.2, -0.15) is 0 Å². The third-order valence-electron chi connectivity index (χ3n) is 4.90. The Bertz CT molecular complexity index is 1400. The van der Waals surface area contributed by atoms with Gasteiger partial charge in [0.05, 0.1) is 21.2 Å². The average Bonchev–Trinajstić information content (AvgIpc) is 3.61. The van der Waals surface area contributed by atoms with E-state index in [4.69, 9.17) is 9.98 Å². The van der Waals surface area contributed by atoms with E-state index >= 15 is 0 Å². The van der Waals surface area contributed by atoms with E-state index in [1.807, 2.05) is 0 Å². The second-order valence-electron chi connectivity index (χ2n) is 6.84. The van der Waals surface area contributed by atoms with Crippen LogP contribution in [-0.4, -0.2) is 16.5 Å². The lowest BCUT2D eigenvalue weighted by Crippen LogP contribution is -1.93. The van der Waals surface area contributed by atoms with Gasteiger partial charge in [0, 0.05) is 20.9 Å². The molecule has 6 heterocycles. The lowest BCUT2D eigenvalue weighted by Gasteiger charge is -2.01. The third-order valence-corrected chi connectivity index (χ3v) is 8.50. The molecule has 0 amide bonds. The lowest BCUT2D eigenvalue weighted by molar-refractivity contribution is 1.34. The third kappa shape index (κ3) is 3.59. The number of nitrogens with one attached hydrogen (secondary N) is 1. The van der Waals surface area contributed by atoms with Gasteiger partial charge in [-0.1, -0.05) is 24.3 Å². The molecule has 0 unspecified atom stereocenters. The first-order chi connectivity index (χ1) is 15.3. The van der Waals surface area contributed by atoms with Gasteiger partial charge in [-0.3, -0.25) is 0 Å². The van der Waals surface area contributed by atoms with Crippen molar-refractivity contribution in [3.63, 3.8) is 0 Å². The number of aliphatic imine (C=N–C) groups is 2. The molecule has 0 saturated carbocycles. The van der Waals surface area contributed by atoms with Crippen LogP contribution in [-0.2, 0) is 0 Å². The molecule has 3 nitrogen and oxygen atoms in total. The molecule has 5 aromatic heterocycles. The Morgan fingerprint density at radius 2 is 1.32 bits per heavy atom. The maximum Gasteiger partial charge on any atom is 0.163 e. The molecule has 0 spiro atoms. The van der Waals surface area contributed by atoms with E-state index < -0.39 is 0 Å². The first-order valence-corrected chi connectivity index (χ1v) is 13.1. The monoisotopic (exact) mass is 473 g/mol. The van der Waals surface area contributed by atoms with Gasteiger partial charge in [-0.05, 0) is 57.9 Å². The summed E-state index contributed by atoms with van der Waals surface area (Å²) in [5.74, 6) is 1.60. The Balaban J connectivity index is 1.51. The number of amidine groups is 1. The number of aromatic amines is 1. The number of rotatable bonds is 5. The average molecular weight is 474 g/mol. The summed E-state index contributed by atoms with van der Waals surface area (Å²) in [5.41, 5.74) is 4.23. The van der Waals surface area contributed by atoms with Crippen LogP contribution in [0.15, 0.2) is 92.2 Å². The Morgan fingerprint density at radius 1 is 0.710 bits per heavy atom. The molecular formula is C24H15N3S4. The molecule has 0 radical (unpaired) electrons. The minimum Gasteiger partial charge on any atom is -0.338 e. The smallest absolute Gasteiger partial charge is 0.163 e. The summed E-state index contributed by atoms with van der Waals surface area (Å²) in [6, 6.07) is 19.0. The van der Waals surface area contributed by atoms with Gasteiger partial charge in [0.25, 0.3) is 0 Å². The minimum absolute atomic E-state index is 0.753. The van der Waals surface area contributed by atoms with Gasteiger partial charge in [-0.15, -0.1) is 45.3 Å². The summed E-state index contributed by atoms with van der Waals surface area (Å²) in [5, 5.41) is 8.37. The maximum absolute atomic E-state index is 5.07. The number of hydrogen-bond acceptors (Lipinski definition) is 5. The molecule has 7 heteroatoms. The Hall–Kier alpha value is -2.84. The molecule has 0 atom stereocenters. The van der Waals surface area contributed by atoms with Gasteiger partial charge in [0.1, 0.15) is 5.82 Å². The summed E-state index contributed by atoms with van der Waals surface area (Å²) < 4.78 is 0. The highest BCUT2D eigenvalue weighted by atomic mass is 32.1. The topological polar surface area (TPSA) is 40.5 Å². The van der Waals surface area contributed by atoms with Crippen molar-refractivity contribution in [1.29, 1.82) is 0 Å². The Kier molecular flexibility index (Phi) is 4.88. The molecule has 31 heavy (non-hydrogen) atoms. The fourth-order valence-corrected chi connectivity index (χ4v) is 6.34. The highest BCUT2D eigenvalue weighted by Crippen LogP contribution is 2.39. The second-order valence-corrected chi connectivity index (χ2v) is 10.6. The molecule has 6 rings (SSSR count). The second kappa shape index (κ2) is 8.01. The highest BCUT2D eigenvalue weighted by Gasteiger charge is 2.22. The molecule has 0 fully saturated rings. The van der Waals surface area contributed by atoms with Crippen LogP contribution in [0.3, 0.4) is 0 Å². The SMILES string of the molecule is C1=C(c2cccs2)/C(=N/c2[nH]c(-c3cccs3)cc2-c2cccs2)N=C1c1cccs1. The summed E-state index contributed by atoms with van der Waals surface area (Å²) >= 11 is 6.86. The van der Waals surface area contributed by atoms with Crippen LogP contribution in [0, 0.1) is 0 Å². The van der Waals surface area contributed by atoms with Crippen molar-refractivity contribution in [2.45, 2.75) is 0 Å². The van der Waals surface area contributed by atoms with Crippen molar-refractivity contribution >= 4 is 68.3 Å². The summed E-state index contributed by atoms with van der Waals surface area (Å²) in [6.07, 6.45) is 2.16. The zero-order valence-corrected chi connectivity index (χ0v) is 19.4. The van der Waals surface area contributed by atoms with E-state index in [0.717, 1.165) is 39.1 Å². The quantitative estimate of drug-likeness (QED) is 0.267. The molecule has 1 aliphatic heterocycles. The molecule has 0 aromatic carbocycles. The number of allylic oxidation sites excluding steroid dienone is 1. The largest absolute Gasteiger partial charge is 0.338 e. The number of H-pyrrole nitrogens is 1. The first kappa shape index (κ1) is 18.9. The standard InChI is InChI=1S/C24H15N3S4/c1-5-19(28-9-1)15-13-17(21-7-3-11-30-21)25-23(15)27-24-16(20-6-2-10-29-20)14-18(26-24)22-8-4-12-31-22/h1-14,25H/b27-24-. The van der Waals surface area contributed by atoms with E-state index in [1.165, 1.54) is 14.6 Å². The first-order valence-electron chi connectivity index (χ1n) is 9.63. The molecule has 1 N–H and O–H groups in total. The molecule has 5 aromatic rings. The van der Waals surface area contributed by atoms with Crippen molar-refractivity contribution in [1.82, 2.24) is 4.98 Å². The number of nitrogens with zero attached hydrogens (tertiary/aromatic N) is 2. The fraction of sp³-hybridized carbons (Fsp3) is 0. The van der Waals surface area contributed by atoms with Crippen LogP contribution in [0.5, 0.6) is 0 Å². The predicted molar refractivity (Wildman–Crippen MR) is 138 cm³/mol. The summed E-state index contributed by atoms with van der Waals surface area (Å²) in [6.45, 7) is 0. The Labute approximate surface area is 195 Å². The van der Waals surface area contributed by atoms with Crippen molar-refractivity contribution in [3.8, 4) is 21.0 Å². The fourth-order valence-electron chi connectivity index (χ4n) is 3.48. The van der Waals surface area contributed by atoms with E-state index in [1.54, 1.807) is 45.3 Å². The predicted octanol–water partition coefficient (Wildman–Crippen LogP) is 8.21. The Morgan fingerprint density at radius 3 is 1.97 bits per heavy atom. The van der Waals surface area contributed by atoms with Crippen molar-refractivity contribution < 1.29 is 0 Å². The molecule has 0 saturated heterocycles. The highest BCUT2D eigenvalue weighted by molar-refractivity contribution is 7.14. The zero-order valence-electron chi connectivity index (χ0n) is 16.1. The van der Waals surface area contributed by atoms with E-state index in [2.05, 4.69) is 87.2 Å².